The van der Waals surface area contributed by atoms with Gasteiger partial charge in [-0.15, -0.1) is 11.8 Å². The summed E-state index contributed by atoms with van der Waals surface area (Å²) >= 11 is 2.21. The van der Waals surface area contributed by atoms with Crippen LogP contribution >= 0.6 is 11.8 Å². The fourth-order valence-electron chi connectivity index (χ4n) is 2.84. The van der Waals surface area contributed by atoms with Crippen molar-refractivity contribution in [2.75, 3.05) is 39.0 Å². The minimum atomic E-state index is 0.472. The summed E-state index contributed by atoms with van der Waals surface area (Å²) in [6.45, 7) is 7.41. The average Bonchev–Trinajstić information content (AvgIpc) is 2.18. The predicted octanol–water partition coefficient (Wildman–Crippen LogP) is 1.87. The van der Waals surface area contributed by atoms with E-state index in [1.165, 1.54) is 51.2 Å². The number of likely N-dealkylation sites (tertiary alicyclic amines) is 1. The van der Waals surface area contributed by atoms with Crippen LogP contribution in [0.2, 0.25) is 0 Å². The van der Waals surface area contributed by atoms with Crippen LogP contribution in [0.3, 0.4) is 0 Å². The Hall–Kier alpha value is 0.270. The maximum atomic E-state index is 2.71. The van der Waals surface area contributed by atoms with Crippen molar-refractivity contribution in [3.05, 3.63) is 0 Å². The van der Waals surface area contributed by atoms with Crippen molar-refractivity contribution in [1.82, 2.24) is 9.80 Å². The van der Waals surface area contributed by atoms with E-state index in [4.69, 9.17) is 0 Å². The van der Waals surface area contributed by atoms with Gasteiger partial charge in [-0.2, -0.15) is 0 Å². The molecule has 0 aromatic carbocycles. The molecule has 2 nitrogen and oxygen atoms in total. The first kappa shape index (κ1) is 10.8. The van der Waals surface area contributed by atoms with E-state index in [1.54, 1.807) is 0 Å². The molecule has 1 atom stereocenters. The van der Waals surface area contributed by atoms with Gasteiger partial charge in [0.15, 0.2) is 0 Å². The normalized spacial score (nSPS) is 36.4. The average molecular weight is 214 g/mol. The number of piperidine rings is 1. The predicted molar refractivity (Wildman–Crippen MR) is 63.8 cm³/mol. The van der Waals surface area contributed by atoms with Crippen LogP contribution in [0.25, 0.3) is 0 Å². The summed E-state index contributed by atoms with van der Waals surface area (Å²) in [7, 11) is 2.27. The first-order valence-electron chi connectivity index (χ1n) is 5.84. The highest BCUT2D eigenvalue weighted by Crippen LogP contribution is 2.40. The molecule has 2 aliphatic rings. The Labute approximate surface area is 92.0 Å². The monoisotopic (exact) mass is 214 g/mol. The lowest BCUT2D eigenvalue weighted by atomic mass is 10.0. The largest absolute Gasteiger partial charge is 0.304 e. The van der Waals surface area contributed by atoms with E-state index in [0.29, 0.717) is 4.87 Å². The number of hydrogen-bond donors (Lipinski definition) is 0. The summed E-state index contributed by atoms with van der Waals surface area (Å²) in [5.41, 5.74) is 0. The molecule has 2 aliphatic heterocycles. The van der Waals surface area contributed by atoms with Crippen molar-refractivity contribution < 1.29 is 0 Å². The molecule has 0 aliphatic carbocycles. The van der Waals surface area contributed by atoms with Crippen LogP contribution in [-0.2, 0) is 0 Å². The van der Waals surface area contributed by atoms with Gasteiger partial charge in [0.25, 0.3) is 0 Å². The summed E-state index contributed by atoms with van der Waals surface area (Å²) in [4.78, 5) is 5.68. The second-order valence-corrected chi connectivity index (χ2v) is 6.03. The standard InChI is InChI=1S/C11H22N2S/c1-3-13-8-5-9-14-11(13)6-4-7-12(2)10-11/h3-10H2,1-2H3. The third kappa shape index (κ3) is 1.95. The Kier molecular flexibility index (Phi) is 3.40. The molecule has 0 aromatic heterocycles. The highest BCUT2D eigenvalue weighted by atomic mass is 32.2. The molecule has 1 spiro atoms. The second-order valence-electron chi connectivity index (χ2n) is 4.57. The molecule has 14 heavy (non-hydrogen) atoms. The van der Waals surface area contributed by atoms with Crippen LogP contribution in [0.15, 0.2) is 0 Å². The number of rotatable bonds is 1. The molecule has 2 heterocycles. The second kappa shape index (κ2) is 4.42. The van der Waals surface area contributed by atoms with Gasteiger partial charge in [-0.05, 0) is 45.2 Å². The zero-order chi connectivity index (χ0) is 10.0. The first-order chi connectivity index (χ1) is 6.77. The number of thioether (sulfide) groups is 1. The van der Waals surface area contributed by atoms with Gasteiger partial charge in [-0.25, -0.2) is 0 Å². The van der Waals surface area contributed by atoms with Crippen LogP contribution in [0, 0.1) is 0 Å². The molecular weight excluding hydrogens is 192 g/mol. The van der Waals surface area contributed by atoms with Crippen LogP contribution in [-0.4, -0.2) is 53.7 Å². The van der Waals surface area contributed by atoms with Crippen molar-refractivity contribution in [3.63, 3.8) is 0 Å². The van der Waals surface area contributed by atoms with Crippen LogP contribution in [0.1, 0.15) is 26.2 Å². The smallest absolute Gasteiger partial charge is 0.0798 e. The van der Waals surface area contributed by atoms with Gasteiger partial charge in [0.2, 0.25) is 0 Å². The van der Waals surface area contributed by atoms with Gasteiger partial charge in [0.05, 0.1) is 4.87 Å². The molecule has 0 saturated carbocycles. The summed E-state index contributed by atoms with van der Waals surface area (Å²) in [6, 6.07) is 0. The summed E-state index contributed by atoms with van der Waals surface area (Å²) in [6.07, 6.45) is 4.15. The topological polar surface area (TPSA) is 6.48 Å². The van der Waals surface area contributed by atoms with E-state index in [1.807, 2.05) is 0 Å². The van der Waals surface area contributed by atoms with E-state index in [0.717, 1.165) is 0 Å². The van der Waals surface area contributed by atoms with Crippen LogP contribution in [0.4, 0.5) is 0 Å². The molecule has 2 fully saturated rings. The minimum absolute atomic E-state index is 0.472. The molecule has 82 valence electrons. The fraction of sp³-hybridized carbons (Fsp3) is 1.00. The third-order valence-electron chi connectivity index (χ3n) is 3.53. The Morgan fingerprint density at radius 3 is 2.86 bits per heavy atom. The van der Waals surface area contributed by atoms with E-state index in [9.17, 15) is 0 Å². The van der Waals surface area contributed by atoms with Crippen LogP contribution in [0.5, 0.6) is 0 Å². The van der Waals surface area contributed by atoms with E-state index < -0.39 is 0 Å². The van der Waals surface area contributed by atoms with Crippen molar-refractivity contribution in [1.29, 1.82) is 0 Å². The zero-order valence-electron chi connectivity index (χ0n) is 9.46. The molecule has 2 saturated heterocycles. The highest BCUT2D eigenvalue weighted by Gasteiger charge is 2.41. The van der Waals surface area contributed by atoms with E-state index >= 15 is 0 Å². The molecule has 0 bridgehead atoms. The quantitative estimate of drug-likeness (QED) is 0.658. The van der Waals surface area contributed by atoms with E-state index in [-0.39, 0.29) is 0 Å². The van der Waals surface area contributed by atoms with Gasteiger partial charge in [-0.1, -0.05) is 6.92 Å². The van der Waals surface area contributed by atoms with Gasteiger partial charge >= 0.3 is 0 Å². The van der Waals surface area contributed by atoms with Gasteiger partial charge in [-0.3, -0.25) is 4.90 Å². The number of likely N-dealkylation sites (N-methyl/N-ethyl adjacent to an activating group) is 2. The molecule has 0 aromatic rings. The Balaban J connectivity index is 2.09. The lowest BCUT2D eigenvalue weighted by Gasteiger charge is -2.50. The highest BCUT2D eigenvalue weighted by molar-refractivity contribution is 8.00. The van der Waals surface area contributed by atoms with Gasteiger partial charge < -0.3 is 4.90 Å². The number of nitrogens with zero attached hydrogens (tertiary/aromatic N) is 2. The molecule has 0 N–H and O–H groups in total. The van der Waals surface area contributed by atoms with Crippen molar-refractivity contribution in [3.8, 4) is 0 Å². The summed E-state index contributed by atoms with van der Waals surface area (Å²) in [5.74, 6) is 1.37. The fourth-order valence-corrected chi connectivity index (χ4v) is 4.50. The maximum absolute atomic E-state index is 2.71. The minimum Gasteiger partial charge on any atom is -0.304 e. The zero-order valence-corrected chi connectivity index (χ0v) is 10.3. The molecule has 2 rings (SSSR count). The Bertz CT molecular complexity index is 194. The molecule has 1 unspecified atom stereocenters. The lowest BCUT2D eigenvalue weighted by molar-refractivity contribution is 0.0863. The Morgan fingerprint density at radius 2 is 2.14 bits per heavy atom. The lowest BCUT2D eigenvalue weighted by Crippen LogP contribution is -2.57. The Morgan fingerprint density at radius 1 is 1.29 bits per heavy atom. The van der Waals surface area contributed by atoms with Gasteiger partial charge in [0.1, 0.15) is 0 Å². The molecular formula is C11H22N2S. The maximum Gasteiger partial charge on any atom is 0.0798 e. The summed E-state index contributed by atoms with van der Waals surface area (Å²) < 4.78 is 0. The molecule has 3 heteroatoms. The van der Waals surface area contributed by atoms with Crippen LogP contribution < -0.4 is 0 Å². The van der Waals surface area contributed by atoms with E-state index in [2.05, 4.69) is 35.5 Å². The molecule has 0 radical (unpaired) electrons. The SMILES string of the molecule is CCN1CCCSC12CCCN(C)C2. The summed E-state index contributed by atoms with van der Waals surface area (Å²) in [5, 5.41) is 0. The van der Waals surface area contributed by atoms with Crippen molar-refractivity contribution in [2.45, 2.75) is 31.1 Å². The van der Waals surface area contributed by atoms with Crippen molar-refractivity contribution in [2.24, 2.45) is 0 Å². The van der Waals surface area contributed by atoms with Crippen molar-refractivity contribution >= 4 is 11.8 Å². The first-order valence-corrected chi connectivity index (χ1v) is 6.83. The number of hydrogen-bond acceptors (Lipinski definition) is 3. The van der Waals surface area contributed by atoms with Gasteiger partial charge in [0, 0.05) is 13.1 Å². The molecule has 0 amide bonds. The third-order valence-corrected chi connectivity index (χ3v) is 5.15.